The number of allylic oxidation sites excluding steroid dienone is 1. The molecule has 0 radical (unpaired) electrons. The van der Waals surface area contributed by atoms with Gasteiger partial charge in [-0.15, -0.1) is 0 Å². The van der Waals surface area contributed by atoms with E-state index in [0.29, 0.717) is 0 Å². The van der Waals surface area contributed by atoms with Crippen molar-refractivity contribution in [2.75, 3.05) is 14.2 Å². The number of methoxy groups -OCH3 is 1. The van der Waals surface area contributed by atoms with Gasteiger partial charge in [-0.05, 0) is 6.42 Å². The number of nitrogens with zero attached hydrogens (tertiary/aromatic N) is 1. The average molecular weight is 225 g/mol. The highest BCUT2D eigenvalue weighted by Crippen LogP contribution is 2.24. The van der Waals surface area contributed by atoms with Crippen molar-refractivity contribution in [2.24, 2.45) is 0 Å². The van der Waals surface area contributed by atoms with Gasteiger partial charge in [-0.25, -0.2) is 9.59 Å². The summed E-state index contributed by atoms with van der Waals surface area (Å²) in [6, 6.07) is 0. The van der Waals surface area contributed by atoms with Crippen molar-refractivity contribution in [1.29, 1.82) is 0 Å². The minimum absolute atomic E-state index is 0.290. The van der Waals surface area contributed by atoms with Crippen molar-refractivity contribution < 1.29 is 19.1 Å². The van der Waals surface area contributed by atoms with Gasteiger partial charge in [-0.3, -0.25) is 0 Å². The second kappa shape index (κ2) is 5.34. The molecule has 1 atom stereocenters. The second-order valence-corrected chi connectivity index (χ2v) is 3.46. The van der Waals surface area contributed by atoms with Crippen LogP contribution in [-0.2, 0) is 19.1 Å². The molecule has 0 amide bonds. The fourth-order valence-corrected chi connectivity index (χ4v) is 1.38. The summed E-state index contributed by atoms with van der Waals surface area (Å²) in [5.41, 5.74) is 0.940. The molecule has 1 aliphatic heterocycles. The molecule has 1 heterocycles. The molecule has 0 aromatic heterocycles. The quantitative estimate of drug-likeness (QED) is 0.526. The van der Waals surface area contributed by atoms with Gasteiger partial charge in [0.05, 0.1) is 7.11 Å². The summed E-state index contributed by atoms with van der Waals surface area (Å²) in [7, 11) is 3.06. The maximum absolute atomic E-state index is 11.3. The number of ether oxygens (including phenoxy) is 2. The number of rotatable bonds is 3. The van der Waals surface area contributed by atoms with E-state index in [1.54, 1.807) is 0 Å². The number of likely N-dealkylation sites (tertiary alicyclic amines) is 1. The smallest absolute Gasteiger partial charge is 0.332 e. The molecule has 0 aromatic rings. The molecule has 1 unspecified atom stereocenters. The van der Waals surface area contributed by atoms with Gasteiger partial charge in [0.15, 0.2) is 6.23 Å². The van der Waals surface area contributed by atoms with E-state index in [-0.39, 0.29) is 6.23 Å². The summed E-state index contributed by atoms with van der Waals surface area (Å²) >= 11 is 0. The number of esters is 2. The number of hydrogen-bond donors (Lipinski definition) is 0. The average Bonchev–Trinajstić information content (AvgIpc) is 2.57. The third-order valence-corrected chi connectivity index (χ3v) is 2.42. The lowest BCUT2D eigenvalue weighted by Crippen LogP contribution is -2.28. The lowest BCUT2D eigenvalue weighted by molar-refractivity contribution is -0.149. The summed E-state index contributed by atoms with van der Waals surface area (Å²) in [6.07, 6.45) is 3.34. The molecule has 0 bridgehead atoms. The first-order valence-electron chi connectivity index (χ1n) is 4.92. The molecular weight excluding hydrogens is 210 g/mol. The van der Waals surface area contributed by atoms with Gasteiger partial charge in [0.2, 0.25) is 0 Å². The van der Waals surface area contributed by atoms with Crippen LogP contribution in [0.1, 0.15) is 12.8 Å². The van der Waals surface area contributed by atoms with E-state index >= 15 is 0 Å². The second-order valence-electron chi connectivity index (χ2n) is 3.46. The van der Waals surface area contributed by atoms with E-state index in [4.69, 9.17) is 4.74 Å². The Morgan fingerprint density at radius 3 is 2.56 bits per heavy atom. The van der Waals surface area contributed by atoms with Crippen LogP contribution in [0.4, 0.5) is 0 Å². The van der Waals surface area contributed by atoms with Gasteiger partial charge in [0.25, 0.3) is 0 Å². The largest absolute Gasteiger partial charge is 0.466 e. The van der Waals surface area contributed by atoms with E-state index in [1.807, 2.05) is 11.9 Å². The molecule has 5 heteroatoms. The monoisotopic (exact) mass is 225 g/mol. The Morgan fingerprint density at radius 2 is 2.06 bits per heavy atom. The zero-order valence-electron chi connectivity index (χ0n) is 9.43. The van der Waals surface area contributed by atoms with Crippen LogP contribution in [0.15, 0.2) is 24.4 Å². The minimum atomic E-state index is -0.582. The van der Waals surface area contributed by atoms with Gasteiger partial charge in [0, 0.05) is 31.3 Å². The van der Waals surface area contributed by atoms with Gasteiger partial charge < -0.3 is 14.4 Å². The Hall–Kier alpha value is -1.78. The fourth-order valence-electron chi connectivity index (χ4n) is 1.38. The van der Waals surface area contributed by atoms with E-state index < -0.39 is 11.9 Å². The third kappa shape index (κ3) is 3.12. The standard InChI is InChI=1S/C11H15NO4/c1-8-4-5-9(12(8)2)16-11(14)7-6-10(13)15-3/h6-7,9H,1,4-5H2,2-3H3/b7-6+. The van der Waals surface area contributed by atoms with Crippen molar-refractivity contribution in [3.63, 3.8) is 0 Å². The molecule has 0 saturated carbocycles. The zero-order chi connectivity index (χ0) is 12.1. The van der Waals surface area contributed by atoms with E-state index in [0.717, 1.165) is 30.7 Å². The Balaban J connectivity index is 2.43. The van der Waals surface area contributed by atoms with Crippen molar-refractivity contribution in [2.45, 2.75) is 19.1 Å². The van der Waals surface area contributed by atoms with Gasteiger partial charge in [-0.1, -0.05) is 6.58 Å². The summed E-state index contributed by atoms with van der Waals surface area (Å²) in [5, 5.41) is 0. The number of carbonyl (C=O) groups is 2. The molecular formula is C11H15NO4. The molecule has 0 aliphatic carbocycles. The number of carbonyl (C=O) groups excluding carboxylic acids is 2. The van der Waals surface area contributed by atoms with E-state index in [2.05, 4.69) is 11.3 Å². The van der Waals surface area contributed by atoms with Crippen LogP contribution in [0.25, 0.3) is 0 Å². The predicted molar refractivity (Wildman–Crippen MR) is 57.2 cm³/mol. The minimum Gasteiger partial charge on any atom is -0.466 e. The van der Waals surface area contributed by atoms with Crippen molar-refractivity contribution in [3.8, 4) is 0 Å². The topological polar surface area (TPSA) is 55.8 Å². The van der Waals surface area contributed by atoms with Crippen LogP contribution < -0.4 is 0 Å². The molecule has 0 aromatic carbocycles. The molecule has 1 fully saturated rings. The van der Waals surface area contributed by atoms with Crippen LogP contribution in [0, 0.1) is 0 Å². The van der Waals surface area contributed by atoms with Crippen LogP contribution in [0.5, 0.6) is 0 Å². The van der Waals surface area contributed by atoms with Gasteiger partial charge >= 0.3 is 11.9 Å². The maximum atomic E-state index is 11.3. The predicted octanol–water partition coefficient (Wildman–Crippen LogP) is 0.824. The van der Waals surface area contributed by atoms with Crippen molar-refractivity contribution in [1.82, 2.24) is 4.90 Å². The van der Waals surface area contributed by atoms with E-state index in [9.17, 15) is 9.59 Å². The Labute approximate surface area is 94.3 Å². The first-order chi connectivity index (χ1) is 7.54. The SMILES string of the molecule is C=C1CCC(OC(=O)/C=C/C(=O)OC)N1C. The molecule has 0 N–H and O–H groups in total. The Bertz CT molecular complexity index is 335. The van der Waals surface area contributed by atoms with Crippen LogP contribution in [0.2, 0.25) is 0 Å². The Kier molecular flexibility index (Phi) is 4.10. The molecule has 5 nitrogen and oxygen atoms in total. The lowest BCUT2D eigenvalue weighted by atomic mass is 10.3. The lowest BCUT2D eigenvalue weighted by Gasteiger charge is -2.21. The highest BCUT2D eigenvalue weighted by Gasteiger charge is 2.25. The summed E-state index contributed by atoms with van der Waals surface area (Å²) in [5.74, 6) is -1.14. The summed E-state index contributed by atoms with van der Waals surface area (Å²) in [4.78, 5) is 23.8. The maximum Gasteiger partial charge on any atom is 0.332 e. The van der Waals surface area contributed by atoms with Crippen molar-refractivity contribution >= 4 is 11.9 Å². The first kappa shape index (κ1) is 12.3. The molecule has 1 rings (SSSR count). The summed E-state index contributed by atoms with van der Waals surface area (Å²) < 4.78 is 9.47. The molecule has 1 saturated heterocycles. The van der Waals surface area contributed by atoms with Gasteiger partial charge in [0.1, 0.15) is 0 Å². The summed E-state index contributed by atoms with van der Waals surface area (Å²) in [6.45, 7) is 3.82. The highest BCUT2D eigenvalue weighted by molar-refractivity contribution is 5.91. The molecule has 0 spiro atoms. The third-order valence-electron chi connectivity index (χ3n) is 2.42. The van der Waals surface area contributed by atoms with Crippen molar-refractivity contribution in [3.05, 3.63) is 24.4 Å². The highest BCUT2D eigenvalue weighted by atomic mass is 16.6. The van der Waals surface area contributed by atoms with Crippen LogP contribution in [0.3, 0.4) is 0 Å². The number of hydrogen-bond acceptors (Lipinski definition) is 5. The van der Waals surface area contributed by atoms with Gasteiger partial charge in [-0.2, -0.15) is 0 Å². The van der Waals surface area contributed by atoms with Crippen LogP contribution >= 0.6 is 0 Å². The normalized spacial score (nSPS) is 20.2. The Morgan fingerprint density at radius 1 is 1.44 bits per heavy atom. The first-order valence-corrected chi connectivity index (χ1v) is 4.92. The van der Waals surface area contributed by atoms with Crippen LogP contribution in [-0.4, -0.2) is 37.2 Å². The fraction of sp³-hybridized carbons (Fsp3) is 0.455. The van der Waals surface area contributed by atoms with E-state index in [1.165, 1.54) is 7.11 Å². The molecule has 1 aliphatic rings. The molecule has 16 heavy (non-hydrogen) atoms. The zero-order valence-corrected chi connectivity index (χ0v) is 9.43. The molecule has 88 valence electrons.